The smallest absolute Gasteiger partial charge is 0.131 e. The van der Waals surface area contributed by atoms with Gasteiger partial charge in [0.1, 0.15) is 29.5 Å². The Morgan fingerprint density at radius 2 is 1.79 bits per heavy atom. The van der Waals surface area contributed by atoms with E-state index in [1.807, 2.05) is 18.2 Å². The summed E-state index contributed by atoms with van der Waals surface area (Å²) in [7, 11) is 0. The molecule has 24 heavy (non-hydrogen) atoms. The molecule has 0 aliphatic carbocycles. The zero-order valence-corrected chi connectivity index (χ0v) is 14.0. The van der Waals surface area contributed by atoms with Gasteiger partial charge in [-0.05, 0) is 56.0 Å². The predicted molar refractivity (Wildman–Crippen MR) is 90.7 cm³/mol. The fraction of sp³-hybridized carbons (Fsp3) is 0.400. The molecule has 0 aromatic heterocycles. The van der Waals surface area contributed by atoms with Crippen LogP contribution >= 0.6 is 0 Å². The number of phenols is 1. The predicted octanol–water partition coefficient (Wildman–Crippen LogP) is 3.53. The van der Waals surface area contributed by atoms with Crippen LogP contribution in [-0.2, 0) is 12.8 Å². The standard InChI is InChI=1S/C20H22O4/c1-20(2,22)18-11-15-17(23-18)10-6-13-5-9-16(24-19(13)15)12-3-7-14(21)8-4-12/h3-4,6-8,10,16,18,21-22H,5,9,11H2,1-2H3/t16-,18-/m1/s1. The van der Waals surface area contributed by atoms with Gasteiger partial charge in [-0.1, -0.05) is 18.2 Å². The van der Waals surface area contributed by atoms with Crippen molar-refractivity contribution in [3.05, 3.63) is 53.1 Å². The number of aryl methyl sites for hydroxylation is 1. The summed E-state index contributed by atoms with van der Waals surface area (Å²) in [6.07, 6.45) is 2.24. The summed E-state index contributed by atoms with van der Waals surface area (Å²) in [6.45, 7) is 3.55. The molecule has 2 aliphatic heterocycles. The Labute approximate surface area is 141 Å². The van der Waals surface area contributed by atoms with Crippen molar-refractivity contribution in [3.63, 3.8) is 0 Å². The van der Waals surface area contributed by atoms with Gasteiger partial charge in [-0.3, -0.25) is 0 Å². The number of phenolic OH excluding ortho intramolecular Hbond substituents is 1. The van der Waals surface area contributed by atoms with Crippen molar-refractivity contribution >= 4 is 0 Å². The van der Waals surface area contributed by atoms with E-state index in [0.717, 1.165) is 35.5 Å². The summed E-state index contributed by atoms with van der Waals surface area (Å²) < 4.78 is 12.2. The fourth-order valence-corrected chi connectivity index (χ4v) is 3.49. The van der Waals surface area contributed by atoms with E-state index in [1.165, 1.54) is 5.56 Å². The number of fused-ring (bicyclic) bond motifs is 3. The second-order valence-corrected chi connectivity index (χ2v) is 7.23. The van der Waals surface area contributed by atoms with E-state index in [-0.39, 0.29) is 18.0 Å². The molecule has 2 atom stereocenters. The highest BCUT2D eigenvalue weighted by molar-refractivity contribution is 5.54. The second-order valence-electron chi connectivity index (χ2n) is 7.23. The highest BCUT2D eigenvalue weighted by Gasteiger charge is 2.38. The van der Waals surface area contributed by atoms with Crippen LogP contribution in [0.5, 0.6) is 17.2 Å². The highest BCUT2D eigenvalue weighted by atomic mass is 16.5. The van der Waals surface area contributed by atoms with Crippen LogP contribution in [-0.4, -0.2) is 21.9 Å². The Bertz CT molecular complexity index is 758. The first kappa shape index (κ1) is 15.3. The first-order chi connectivity index (χ1) is 11.4. The van der Waals surface area contributed by atoms with Crippen LogP contribution in [0.2, 0.25) is 0 Å². The van der Waals surface area contributed by atoms with E-state index in [9.17, 15) is 10.2 Å². The molecule has 126 valence electrons. The number of rotatable bonds is 2. The molecule has 0 saturated carbocycles. The summed E-state index contributed by atoms with van der Waals surface area (Å²) in [5.41, 5.74) is 2.43. The Kier molecular flexibility index (Phi) is 3.46. The number of aromatic hydroxyl groups is 1. The number of hydrogen-bond acceptors (Lipinski definition) is 4. The average Bonchev–Trinajstić information content (AvgIpc) is 3.00. The van der Waals surface area contributed by atoms with Crippen molar-refractivity contribution in [3.8, 4) is 17.2 Å². The first-order valence-electron chi connectivity index (χ1n) is 8.41. The third-order valence-electron chi connectivity index (χ3n) is 4.95. The van der Waals surface area contributed by atoms with Gasteiger partial charge in [-0.15, -0.1) is 0 Å². The molecule has 4 nitrogen and oxygen atoms in total. The summed E-state index contributed by atoms with van der Waals surface area (Å²) in [5, 5.41) is 19.7. The topological polar surface area (TPSA) is 58.9 Å². The van der Waals surface area contributed by atoms with Gasteiger partial charge in [0.05, 0.1) is 5.60 Å². The van der Waals surface area contributed by atoms with E-state index in [4.69, 9.17) is 9.47 Å². The lowest BCUT2D eigenvalue weighted by Crippen LogP contribution is -2.39. The molecule has 0 unspecified atom stereocenters. The van der Waals surface area contributed by atoms with Crippen LogP contribution < -0.4 is 9.47 Å². The van der Waals surface area contributed by atoms with Gasteiger partial charge in [0, 0.05) is 12.0 Å². The molecule has 0 amide bonds. The third kappa shape index (κ3) is 2.61. The lowest BCUT2D eigenvalue weighted by Gasteiger charge is -2.28. The van der Waals surface area contributed by atoms with Crippen LogP contribution in [0.3, 0.4) is 0 Å². The number of aliphatic hydroxyl groups is 1. The molecule has 2 aromatic carbocycles. The molecule has 0 spiro atoms. The van der Waals surface area contributed by atoms with Gasteiger partial charge in [0.15, 0.2) is 0 Å². The summed E-state index contributed by atoms with van der Waals surface area (Å²) in [5.74, 6) is 1.98. The fourth-order valence-electron chi connectivity index (χ4n) is 3.49. The summed E-state index contributed by atoms with van der Waals surface area (Å²) in [6, 6.07) is 11.3. The molecule has 4 rings (SSSR count). The maximum atomic E-state index is 10.3. The van der Waals surface area contributed by atoms with Crippen molar-refractivity contribution in [2.24, 2.45) is 0 Å². The van der Waals surface area contributed by atoms with Gasteiger partial charge >= 0.3 is 0 Å². The van der Waals surface area contributed by atoms with Crippen LogP contribution in [0.4, 0.5) is 0 Å². The summed E-state index contributed by atoms with van der Waals surface area (Å²) in [4.78, 5) is 0. The van der Waals surface area contributed by atoms with E-state index >= 15 is 0 Å². The first-order valence-corrected chi connectivity index (χ1v) is 8.41. The largest absolute Gasteiger partial charge is 0.508 e. The van der Waals surface area contributed by atoms with Gasteiger partial charge in [0.25, 0.3) is 0 Å². The molecule has 2 aliphatic rings. The molecule has 0 saturated heterocycles. The maximum Gasteiger partial charge on any atom is 0.131 e. The van der Waals surface area contributed by atoms with Gasteiger partial charge in [-0.2, -0.15) is 0 Å². The van der Waals surface area contributed by atoms with E-state index in [2.05, 4.69) is 6.07 Å². The minimum atomic E-state index is -0.892. The van der Waals surface area contributed by atoms with Crippen LogP contribution in [0.15, 0.2) is 36.4 Å². The van der Waals surface area contributed by atoms with Crippen molar-refractivity contribution in [1.82, 2.24) is 0 Å². The second kappa shape index (κ2) is 5.42. The Hall–Kier alpha value is -2.20. The van der Waals surface area contributed by atoms with Gasteiger partial charge in [0.2, 0.25) is 0 Å². The normalized spacial score (nSPS) is 22.3. The van der Waals surface area contributed by atoms with E-state index < -0.39 is 5.60 Å². The molecule has 4 heteroatoms. The number of benzene rings is 2. The van der Waals surface area contributed by atoms with Crippen LogP contribution in [0, 0.1) is 0 Å². The zero-order valence-electron chi connectivity index (χ0n) is 14.0. The molecular weight excluding hydrogens is 304 g/mol. The van der Waals surface area contributed by atoms with Crippen molar-refractivity contribution in [2.75, 3.05) is 0 Å². The molecular formula is C20H22O4. The Morgan fingerprint density at radius 3 is 2.50 bits per heavy atom. The average molecular weight is 326 g/mol. The highest BCUT2D eigenvalue weighted by Crippen LogP contribution is 2.45. The molecule has 0 radical (unpaired) electrons. The minimum Gasteiger partial charge on any atom is -0.508 e. The molecule has 2 aromatic rings. The van der Waals surface area contributed by atoms with Crippen molar-refractivity contribution < 1.29 is 19.7 Å². The number of hydrogen-bond donors (Lipinski definition) is 2. The molecule has 0 bridgehead atoms. The lowest BCUT2D eigenvalue weighted by molar-refractivity contribution is -0.0230. The quantitative estimate of drug-likeness (QED) is 0.886. The molecule has 2 heterocycles. The zero-order chi connectivity index (χ0) is 16.9. The third-order valence-corrected chi connectivity index (χ3v) is 4.95. The molecule has 2 N–H and O–H groups in total. The van der Waals surface area contributed by atoms with Gasteiger partial charge in [-0.25, -0.2) is 0 Å². The number of ether oxygens (including phenoxy) is 2. The van der Waals surface area contributed by atoms with Crippen molar-refractivity contribution in [1.29, 1.82) is 0 Å². The Morgan fingerprint density at radius 1 is 1.04 bits per heavy atom. The van der Waals surface area contributed by atoms with Crippen LogP contribution in [0.25, 0.3) is 0 Å². The summed E-state index contributed by atoms with van der Waals surface area (Å²) >= 11 is 0. The minimum absolute atomic E-state index is 0.0224. The Balaban J connectivity index is 1.65. The monoisotopic (exact) mass is 326 g/mol. The lowest BCUT2D eigenvalue weighted by atomic mass is 9.92. The SMILES string of the molecule is CC(C)(O)[C@H]1Cc2c(ccc3c2O[C@@H](c2ccc(O)cc2)CC3)O1. The van der Waals surface area contributed by atoms with E-state index in [0.29, 0.717) is 6.42 Å². The van der Waals surface area contributed by atoms with Crippen molar-refractivity contribution in [2.45, 2.75) is 50.9 Å². The van der Waals surface area contributed by atoms with Crippen LogP contribution in [0.1, 0.15) is 43.1 Å². The molecule has 0 fully saturated rings. The van der Waals surface area contributed by atoms with Gasteiger partial charge < -0.3 is 19.7 Å². The van der Waals surface area contributed by atoms with E-state index in [1.54, 1.807) is 26.0 Å². The maximum absolute atomic E-state index is 10.3.